The van der Waals surface area contributed by atoms with Crippen molar-refractivity contribution < 1.29 is 38.9 Å². The van der Waals surface area contributed by atoms with Gasteiger partial charge in [-0.2, -0.15) is 0 Å². The Kier molecular flexibility index (Phi) is 28.6. The summed E-state index contributed by atoms with van der Waals surface area (Å²) in [6, 6.07) is 0. The van der Waals surface area contributed by atoms with E-state index in [0.29, 0.717) is 43.9 Å². The summed E-state index contributed by atoms with van der Waals surface area (Å²) in [4.78, 5) is 63.0. The molecule has 14 heteroatoms. The maximum absolute atomic E-state index is 14.0. The average molecular weight is 1130 g/mol. The molecular weight excluding hydrogens is 1040 g/mol. The smallest absolute Gasteiger partial charge is 0.309 e. The van der Waals surface area contributed by atoms with Crippen LogP contribution in [0.5, 0.6) is 0 Å². The number of hydrogen-bond acceptors (Lipinski definition) is 12. The second kappa shape index (κ2) is 32.5. The van der Waals surface area contributed by atoms with E-state index in [-0.39, 0.29) is 66.1 Å². The molecule has 4 heterocycles. The van der Waals surface area contributed by atoms with Gasteiger partial charge in [0, 0.05) is 65.0 Å². The minimum Gasteiger partial charge on any atom is -0.457 e. The minimum absolute atomic E-state index is 0.0737. The van der Waals surface area contributed by atoms with Crippen molar-refractivity contribution in [3.63, 3.8) is 0 Å². The van der Waals surface area contributed by atoms with Crippen LogP contribution in [0.4, 0.5) is 0 Å². The molecule has 0 fully saturated rings. The Balaban J connectivity index is 0.000000400. The van der Waals surface area contributed by atoms with Gasteiger partial charge < -0.3 is 19.7 Å². The number of esters is 2. The van der Waals surface area contributed by atoms with Crippen LogP contribution in [0.2, 0.25) is 0 Å². The number of nitrogens with zero attached hydrogens (tertiary/aromatic N) is 2. The average Bonchev–Trinajstić information content (AvgIpc) is 3.98. The molecule has 424 valence electrons. The number of allylic oxidation sites excluding steroid dienone is 5. The Bertz CT molecular complexity index is 2210. The second-order valence-electron chi connectivity index (χ2n) is 22.8. The number of ketones is 2. The molecular formula is C62H92Cl2N2O8S2. The van der Waals surface area contributed by atoms with Gasteiger partial charge in [0.25, 0.3) is 0 Å². The quantitative estimate of drug-likeness (QED) is 0.0909. The number of aliphatic hydroxyl groups is 2. The van der Waals surface area contributed by atoms with E-state index in [4.69, 9.17) is 32.7 Å². The Hall–Kier alpha value is -3.52. The van der Waals surface area contributed by atoms with Crippen LogP contribution in [0.1, 0.15) is 182 Å². The fraction of sp³-hybridized carbons (Fsp3) is 0.645. The first-order chi connectivity index (χ1) is 35.7. The number of cyclic esters (lactones) is 2. The zero-order valence-corrected chi connectivity index (χ0v) is 51.4. The number of halogens is 2. The monoisotopic (exact) mass is 1130 g/mol. The Labute approximate surface area is 475 Å². The van der Waals surface area contributed by atoms with E-state index < -0.39 is 41.0 Å². The first-order valence-corrected chi connectivity index (χ1v) is 30.4. The number of aryl methyl sites for hydroxylation is 2. The van der Waals surface area contributed by atoms with Crippen LogP contribution in [0, 0.1) is 60.2 Å². The maximum Gasteiger partial charge on any atom is 0.309 e. The van der Waals surface area contributed by atoms with Gasteiger partial charge in [-0.1, -0.05) is 116 Å². The molecule has 2 aliphatic rings. The number of hydrogen-bond donors (Lipinski definition) is 2. The summed E-state index contributed by atoms with van der Waals surface area (Å²) < 4.78 is 11.9. The van der Waals surface area contributed by atoms with Gasteiger partial charge in [-0.3, -0.25) is 19.2 Å². The first-order valence-electron chi connectivity index (χ1n) is 27.5. The second-order valence-corrected chi connectivity index (χ2v) is 25.7. The highest BCUT2D eigenvalue weighted by Crippen LogP contribution is 2.40. The van der Waals surface area contributed by atoms with Crippen molar-refractivity contribution in [1.82, 2.24) is 9.97 Å². The molecule has 4 rings (SSSR count). The molecule has 0 aromatic carbocycles. The van der Waals surface area contributed by atoms with Gasteiger partial charge >= 0.3 is 11.9 Å². The fourth-order valence-electron chi connectivity index (χ4n) is 9.64. The Morgan fingerprint density at radius 3 is 1.54 bits per heavy atom. The lowest BCUT2D eigenvalue weighted by molar-refractivity contribution is -0.154. The van der Waals surface area contributed by atoms with Gasteiger partial charge in [0.05, 0.1) is 45.4 Å². The van der Waals surface area contributed by atoms with Gasteiger partial charge in [0.2, 0.25) is 0 Å². The van der Waals surface area contributed by atoms with Gasteiger partial charge in [0.15, 0.2) is 0 Å². The number of Topliss-reactive ketones (excluding diaryl/α,β-unsaturated/α-hetero) is 2. The molecule has 0 saturated carbocycles. The van der Waals surface area contributed by atoms with E-state index in [1.807, 2.05) is 97.4 Å². The van der Waals surface area contributed by atoms with Crippen LogP contribution in [-0.2, 0) is 28.7 Å². The molecule has 0 amide bonds. The summed E-state index contributed by atoms with van der Waals surface area (Å²) >= 11 is 15.0. The predicted molar refractivity (Wildman–Crippen MR) is 317 cm³/mol. The van der Waals surface area contributed by atoms with Gasteiger partial charge in [-0.05, 0) is 121 Å². The van der Waals surface area contributed by atoms with Crippen LogP contribution in [0.25, 0.3) is 12.2 Å². The molecule has 2 aromatic heterocycles. The van der Waals surface area contributed by atoms with Crippen LogP contribution >= 0.6 is 45.9 Å². The highest BCUT2D eigenvalue weighted by molar-refractivity contribution is 7.09. The van der Waals surface area contributed by atoms with Crippen molar-refractivity contribution in [2.75, 3.05) is 11.8 Å². The summed E-state index contributed by atoms with van der Waals surface area (Å²) in [5.41, 5.74) is 3.96. The lowest BCUT2D eigenvalue weighted by Gasteiger charge is -2.37. The predicted octanol–water partition coefficient (Wildman–Crippen LogP) is 15.4. The largest absolute Gasteiger partial charge is 0.457 e. The zero-order valence-electron chi connectivity index (χ0n) is 48.3. The molecule has 10 atom stereocenters. The third-order valence-corrected chi connectivity index (χ3v) is 17.9. The number of thiazole rings is 2. The van der Waals surface area contributed by atoms with Crippen LogP contribution in [0.15, 0.2) is 69.5 Å². The van der Waals surface area contributed by atoms with E-state index in [2.05, 4.69) is 55.0 Å². The molecule has 2 aliphatic heterocycles. The van der Waals surface area contributed by atoms with E-state index in [1.54, 1.807) is 36.5 Å². The van der Waals surface area contributed by atoms with Crippen LogP contribution in [0.3, 0.4) is 0 Å². The minimum atomic E-state index is -1.26. The van der Waals surface area contributed by atoms with Crippen molar-refractivity contribution in [2.24, 2.45) is 46.3 Å². The van der Waals surface area contributed by atoms with Crippen molar-refractivity contribution in [3.8, 4) is 0 Å². The van der Waals surface area contributed by atoms with E-state index in [0.717, 1.165) is 70.2 Å². The van der Waals surface area contributed by atoms with Crippen molar-refractivity contribution >= 4 is 81.5 Å². The van der Waals surface area contributed by atoms with Crippen molar-refractivity contribution in [2.45, 2.75) is 198 Å². The Morgan fingerprint density at radius 2 is 1.09 bits per heavy atom. The number of carbonyl (C=O) groups is 4. The highest BCUT2D eigenvalue weighted by Gasteiger charge is 2.44. The van der Waals surface area contributed by atoms with Gasteiger partial charge in [0.1, 0.15) is 23.8 Å². The Morgan fingerprint density at radius 1 is 0.658 bits per heavy atom. The lowest BCUT2D eigenvalue weighted by Crippen LogP contribution is -2.46. The molecule has 10 nitrogen and oxygen atoms in total. The molecule has 76 heavy (non-hydrogen) atoms. The van der Waals surface area contributed by atoms with Gasteiger partial charge in [-0.15, -0.1) is 45.9 Å². The summed E-state index contributed by atoms with van der Waals surface area (Å²) in [6.45, 7) is 27.5. The van der Waals surface area contributed by atoms with Crippen LogP contribution < -0.4 is 0 Å². The van der Waals surface area contributed by atoms with E-state index >= 15 is 0 Å². The summed E-state index contributed by atoms with van der Waals surface area (Å²) in [6.07, 6.45) is 20.6. The standard InChI is InChI=1S/C32H48ClNO3S.C30H44ClNO5S/c1-21-12-11-13-22(2)25(5)28(14-9-10-17-33)31(36)32(7,8)24(4)19-30(35)37-29(16-15-21)23(3)18-27-20-38-26(6)34-27;1-19-10-9-11-20(2)28(35)24(12-7-8-15-31)29(36)30(5,6)26(33)17-27(34)37-25(14-13-19)21(3)16-23-18-38-22(4)32-23/h11,13,15,18,20,22,24-25,28-29H,9-10,12,14,16-17,19H2,1-8H3;9,11,13,16,18,20,24-26,28,33,35H,7-8,10,12,14-15,17H2,1-6H3/b13-11+,21-15-,23-18+;11-9+,19-13-,21-16+/t22-,24-,25-,28+,29-;20-,24+,25-,26-,28-/m00/s1. The van der Waals surface area contributed by atoms with Crippen molar-refractivity contribution in [3.05, 3.63) is 90.9 Å². The molecule has 0 saturated heterocycles. The fourth-order valence-corrected chi connectivity index (χ4v) is 11.2. The number of aromatic nitrogens is 2. The third kappa shape index (κ3) is 21.3. The number of alkyl halides is 2. The SMILES string of the molecule is C/C1=C/C[C@@H](/C(C)=C/c2csc(C)n2)OC(=O)C[C@H](C)C(C)(C)C(=O)[C@H](CCCCCl)[C@@H](C)[C@@H](C)/C=C/C1.C/C1=C/C[C@@H](/C(C)=C/c2csc(C)n2)OC(=O)C[C@H](O)C(C)(C)C(=O)[C@H](CCCCCl)[C@@H](O)[C@@H](C)/C=C/C1. The molecule has 2 N–H and O–H groups in total. The van der Waals surface area contributed by atoms with Crippen molar-refractivity contribution in [1.29, 1.82) is 0 Å². The molecule has 2 aromatic rings. The molecule has 0 aliphatic carbocycles. The summed E-state index contributed by atoms with van der Waals surface area (Å²) in [5.74, 6) is -0.424. The summed E-state index contributed by atoms with van der Waals surface area (Å²) in [7, 11) is 0. The molecule has 0 radical (unpaired) electrons. The number of carbonyl (C=O) groups excluding carboxylic acids is 4. The highest BCUT2D eigenvalue weighted by atomic mass is 35.5. The van der Waals surface area contributed by atoms with Gasteiger partial charge in [-0.25, -0.2) is 9.97 Å². The first kappa shape index (κ1) is 66.8. The van der Waals surface area contributed by atoms with Crippen LogP contribution in [-0.4, -0.2) is 79.9 Å². The third-order valence-electron chi connectivity index (χ3n) is 15.8. The lowest BCUT2D eigenvalue weighted by atomic mass is 9.66. The molecule has 0 spiro atoms. The number of unbranched alkanes of at least 4 members (excludes halogenated alkanes) is 2. The van der Waals surface area contributed by atoms with E-state index in [9.17, 15) is 29.4 Å². The number of ether oxygens (including phenoxy) is 2. The normalized spacial score (nSPS) is 30.4. The number of rotatable bonds is 12. The molecule has 0 unspecified atom stereocenters. The topological polar surface area (TPSA) is 153 Å². The summed E-state index contributed by atoms with van der Waals surface area (Å²) in [5, 5.41) is 28.2. The number of aliphatic hydroxyl groups excluding tert-OH is 2. The zero-order chi connectivity index (χ0) is 56.9. The molecule has 0 bridgehead atoms. The maximum atomic E-state index is 14.0. The van der Waals surface area contributed by atoms with E-state index in [1.165, 1.54) is 5.57 Å².